The van der Waals surface area contributed by atoms with Crippen molar-refractivity contribution in [2.45, 2.75) is 6.04 Å². The normalized spacial score (nSPS) is 11.4. The summed E-state index contributed by atoms with van der Waals surface area (Å²) in [5.74, 6) is -0.234. The van der Waals surface area contributed by atoms with Gasteiger partial charge in [0, 0.05) is 22.9 Å². The first kappa shape index (κ1) is 26.7. The zero-order chi connectivity index (χ0) is 28.1. The van der Waals surface area contributed by atoms with Gasteiger partial charge in [0.2, 0.25) is 0 Å². The summed E-state index contributed by atoms with van der Waals surface area (Å²) in [6.07, 6.45) is -0.729. The second-order valence-electron chi connectivity index (χ2n) is 8.16. The molecule has 0 aliphatic rings. The van der Waals surface area contributed by atoms with E-state index in [0.29, 0.717) is 11.3 Å². The zero-order valence-electron chi connectivity index (χ0n) is 21.2. The van der Waals surface area contributed by atoms with Gasteiger partial charge in [-0.1, -0.05) is 12.1 Å². The Bertz CT molecular complexity index is 1570. The Balaban J connectivity index is 1.84. The number of aromatic amines is 1. The molecule has 1 heterocycles. The number of halogens is 1. The molecule has 0 saturated carbocycles. The third kappa shape index (κ3) is 5.66. The maximum atomic E-state index is 15.4. The van der Waals surface area contributed by atoms with Crippen molar-refractivity contribution in [3.8, 4) is 17.2 Å². The van der Waals surface area contributed by atoms with Crippen molar-refractivity contribution in [1.29, 1.82) is 5.41 Å². The number of nitrogens with two attached hydrogens (primary N) is 1. The second kappa shape index (κ2) is 11.4. The van der Waals surface area contributed by atoms with E-state index in [1.807, 2.05) is 0 Å². The Hall–Kier alpha value is -5.33. The third-order valence-electron chi connectivity index (χ3n) is 5.78. The molecule has 0 fully saturated rings. The van der Waals surface area contributed by atoms with Gasteiger partial charge >= 0.3 is 11.8 Å². The molecule has 12 nitrogen and oxygen atoms in total. The van der Waals surface area contributed by atoms with Crippen LogP contribution in [0.2, 0.25) is 0 Å². The number of methoxy groups -OCH3 is 3. The fourth-order valence-corrected chi connectivity index (χ4v) is 3.86. The van der Waals surface area contributed by atoms with Gasteiger partial charge in [0.1, 0.15) is 17.7 Å². The van der Waals surface area contributed by atoms with Crippen LogP contribution in [0, 0.1) is 11.2 Å². The molecule has 4 rings (SSSR count). The number of amidine groups is 1. The van der Waals surface area contributed by atoms with E-state index < -0.39 is 23.6 Å². The van der Waals surface area contributed by atoms with E-state index in [9.17, 15) is 9.59 Å². The van der Waals surface area contributed by atoms with Crippen LogP contribution in [0.3, 0.4) is 0 Å². The number of nitrogen functional groups attached to an aromatic ring is 1. The number of hydrogen-bond acceptors (Lipinski definition) is 8. The summed E-state index contributed by atoms with van der Waals surface area (Å²) in [7, 11) is 4.03. The van der Waals surface area contributed by atoms with Crippen LogP contribution in [0.1, 0.15) is 23.0 Å². The van der Waals surface area contributed by atoms with Gasteiger partial charge in [-0.15, -0.1) is 5.10 Å². The smallest absolute Gasteiger partial charge is 0.411 e. The number of rotatable bonds is 9. The number of H-pyrrole nitrogens is 1. The molecule has 0 bridgehead atoms. The first-order valence-corrected chi connectivity index (χ1v) is 11.5. The number of anilines is 2. The number of hydrogen-bond donors (Lipinski definition) is 5. The molecule has 1 aromatic heterocycles. The van der Waals surface area contributed by atoms with Gasteiger partial charge < -0.3 is 25.3 Å². The number of carbonyl (C=O) groups is 1. The van der Waals surface area contributed by atoms with Gasteiger partial charge in [-0.3, -0.25) is 15.7 Å². The first-order chi connectivity index (χ1) is 18.7. The summed E-state index contributed by atoms with van der Waals surface area (Å²) >= 11 is 0. The number of para-hydroxylation sites is 2. The Morgan fingerprint density at radius 2 is 1.74 bits per heavy atom. The molecule has 0 saturated heterocycles. The van der Waals surface area contributed by atoms with E-state index >= 15 is 4.39 Å². The van der Waals surface area contributed by atoms with Crippen LogP contribution < -0.4 is 31.5 Å². The average Bonchev–Trinajstić information content (AvgIpc) is 3.33. The maximum absolute atomic E-state index is 15.4. The number of nitrogens with one attached hydrogen (secondary N) is 4. The fraction of sp³-hybridized carbons (Fsp3) is 0.154. The summed E-state index contributed by atoms with van der Waals surface area (Å²) in [6.45, 7) is 0. The molecular formula is C26H26FN7O5. The van der Waals surface area contributed by atoms with Crippen LogP contribution in [0.25, 0.3) is 5.69 Å². The van der Waals surface area contributed by atoms with Crippen LogP contribution in [-0.4, -0.2) is 48.0 Å². The number of carbonyl (C=O) groups excluding carboxylic acids is 1. The molecule has 39 heavy (non-hydrogen) atoms. The van der Waals surface area contributed by atoms with Crippen LogP contribution in [-0.2, 0) is 4.74 Å². The lowest BCUT2D eigenvalue weighted by Crippen LogP contribution is -2.19. The first-order valence-electron chi connectivity index (χ1n) is 11.5. The summed E-state index contributed by atoms with van der Waals surface area (Å²) in [5.41, 5.74) is 6.58. The molecule has 1 amide bonds. The van der Waals surface area contributed by atoms with Crippen LogP contribution in [0.5, 0.6) is 11.5 Å². The quantitative estimate of drug-likeness (QED) is 0.160. The number of amides is 1. The number of nitrogens with zero attached hydrogens (tertiary/aromatic N) is 2. The molecule has 0 aliphatic heterocycles. The highest BCUT2D eigenvalue weighted by molar-refractivity contribution is 5.95. The van der Waals surface area contributed by atoms with E-state index in [2.05, 4.69) is 25.5 Å². The topological polar surface area (TPSA) is 169 Å². The van der Waals surface area contributed by atoms with Crippen molar-refractivity contribution in [1.82, 2.24) is 14.8 Å². The molecule has 1 unspecified atom stereocenters. The van der Waals surface area contributed by atoms with Crippen LogP contribution in [0.15, 0.2) is 65.5 Å². The largest absolute Gasteiger partial charge is 0.493 e. The van der Waals surface area contributed by atoms with E-state index in [1.165, 1.54) is 33.5 Å². The zero-order valence-corrected chi connectivity index (χ0v) is 21.2. The highest BCUT2D eigenvalue weighted by atomic mass is 19.1. The average molecular weight is 536 g/mol. The van der Waals surface area contributed by atoms with Crippen molar-refractivity contribution < 1.29 is 23.4 Å². The van der Waals surface area contributed by atoms with Crippen molar-refractivity contribution in [3.05, 3.63) is 93.9 Å². The monoisotopic (exact) mass is 535 g/mol. The molecule has 3 aromatic carbocycles. The molecule has 202 valence electrons. The van der Waals surface area contributed by atoms with E-state index in [0.717, 1.165) is 4.68 Å². The van der Waals surface area contributed by atoms with Crippen LogP contribution in [0.4, 0.5) is 20.6 Å². The SMILES string of the molecule is COC(=O)Nc1ccccc1-n1nc(C(Nc2ccc(C(=N)N)cc2)c2cc(OC)c(OC)cc2F)[nH]c1=O. The Labute approximate surface area is 222 Å². The van der Waals surface area contributed by atoms with Gasteiger partial charge in [-0.05, 0) is 42.5 Å². The number of benzene rings is 3. The minimum Gasteiger partial charge on any atom is -0.493 e. The minimum absolute atomic E-state index is 0.0645. The summed E-state index contributed by atoms with van der Waals surface area (Å²) in [5, 5.41) is 17.7. The lowest BCUT2D eigenvalue weighted by Gasteiger charge is -2.20. The Kier molecular flexibility index (Phi) is 7.80. The Morgan fingerprint density at radius 3 is 2.38 bits per heavy atom. The van der Waals surface area contributed by atoms with E-state index in [4.69, 9.17) is 20.6 Å². The Morgan fingerprint density at radius 1 is 1.08 bits per heavy atom. The molecule has 0 spiro atoms. The lowest BCUT2D eigenvalue weighted by atomic mass is 10.0. The molecular weight excluding hydrogens is 509 g/mol. The van der Waals surface area contributed by atoms with Crippen LogP contribution >= 0.6 is 0 Å². The third-order valence-corrected chi connectivity index (χ3v) is 5.78. The van der Waals surface area contributed by atoms with Gasteiger partial charge in [-0.25, -0.2) is 14.0 Å². The number of ether oxygens (including phenoxy) is 3. The second-order valence-corrected chi connectivity index (χ2v) is 8.16. The summed E-state index contributed by atoms with van der Waals surface area (Å²) < 4.78 is 31.7. The summed E-state index contributed by atoms with van der Waals surface area (Å²) in [6, 6.07) is 14.7. The minimum atomic E-state index is -1.01. The maximum Gasteiger partial charge on any atom is 0.411 e. The number of aromatic nitrogens is 3. The molecule has 0 aliphatic carbocycles. The molecule has 13 heteroatoms. The highest BCUT2D eigenvalue weighted by Crippen LogP contribution is 2.35. The van der Waals surface area contributed by atoms with E-state index in [1.54, 1.807) is 48.5 Å². The molecule has 4 aromatic rings. The van der Waals surface area contributed by atoms with Gasteiger partial charge in [0.15, 0.2) is 17.3 Å². The van der Waals surface area contributed by atoms with Crippen molar-refractivity contribution in [3.63, 3.8) is 0 Å². The van der Waals surface area contributed by atoms with E-state index in [-0.39, 0.29) is 40.1 Å². The van der Waals surface area contributed by atoms with Crippen molar-refractivity contribution in [2.24, 2.45) is 5.73 Å². The van der Waals surface area contributed by atoms with Gasteiger partial charge in [0.25, 0.3) is 0 Å². The van der Waals surface area contributed by atoms with Crippen molar-refractivity contribution >= 4 is 23.3 Å². The predicted molar refractivity (Wildman–Crippen MR) is 143 cm³/mol. The molecule has 1 atom stereocenters. The summed E-state index contributed by atoms with van der Waals surface area (Å²) in [4.78, 5) is 27.6. The standard InChI is InChI=1S/C26H26FN7O5/c1-37-20-12-16(17(27)13-21(20)38-2)22(30-15-10-8-14(9-11-15)23(28)29)24-32-25(35)34(33-24)19-7-5-4-6-18(19)31-26(36)39-3/h4-13,22,30H,1-3H3,(H3,28,29)(H,31,36)(H,32,33,35). The van der Waals surface area contributed by atoms with Gasteiger partial charge in [0.05, 0.1) is 32.7 Å². The predicted octanol–water partition coefficient (Wildman–Crippen LogP) is 3.38. The molecule has 0 radical (unpaired) electrons. The molecule has 6 N–H and O–H groups in total. The van der Waals surface area contributed by atoms with Gasteiger partial charge in [-0.2, -0.15) is 4.68 Å². The fourth-order valence-electron chi connectivity index (χ4n) is 3.86. The lowest BCUT2D eigenvalue weighted by molar-refractivity contribution is 0.187. The highest BCUT2D eigenvalue weighted by Gasteiger charge is 2.26. The van der Waals surface area contributed by atoms with Crippen molar-refractivity contribution in [2.75, 3.05) is 32.0 Å².